The second-order valence-corrected chi connectivity index (χ2v) is 7.45. The van der Waals surface area contributed by atoms with Gasteiger partial charge < -0.3 is 4.74 Å². The number of benzene rings is 2. The van der Waals surface area contributed by atoms with Crippen LogP contribution in [0.1, 0.15) is 11.3 Å². The number of nitrogens with one attached hydrogen (secondary N) is 1. The summed E-state index contributed by atoms with van der Waals surface area (Å²) in [5.41, 5.74) is 1.65. The summed E-state index contributed by atoms with van der Waals surface area (Å²) in [5, 5.41) is 6.72. The maximum atomic E-state index is 13.1. The molecule has 2 aromatic carbocycles. The molecule has 1 heterocycles. The molecule has 3 rings (SSSR count). The molecular weight excluding hydrogens is 338 g/mol. The molecule has 1 aromatic heterocycles. The van der Waals surface area contributed by atoms with Crippen LogP contribution in [0.4, 0.5) is 0 Å². The van der Waals surface area contributed by atoms with Gasteiger partial charge in [0.05, 0.1) is 24.2 Å². The topological polar surface area (TPSA) is 75.3 Å². The number of methoxy groups -OCH3 is 1. The van der Waals surface area contributed by atoms with Crippen LogP contribution < -0.4 is 4.74 Å². The molecule has 0 bridgehead atoms. The number of aromatic nitrogens is 2. The Hall–Kier alpha value is -2.64. The van der Waals surface area contributed by atoms with Crippen LogP contribution in [0.15, 0.2) is 71.8 Å². The van der Waals surface area contributed by atoms with Crippen molar-refractivity contribution < 1.29 is 13.2 Å². The lowest BCUT2D eigenvalue weighted by Crippen LogP contribution is -2.30. The van der Waals surface area contributed by atoms with E-state index in [-0.39, 0.29) is 18.0 Å². The average molecular weight is 357 g/mol. The van der Waals surface area contributed by atoms with Gasteiger partial charge in [-0.3, -0.25) is 5.10 Å². The third-order valence-corrected chi connectivity index (χ3v) is 5.61. The van der Waals surface area contributed by atoms with Crippen LogP contribution in [0.3, 0.4) is 0 Å². The van der Waals surface area contributed by atoms with E-state index in [1.54, 1.807) is 43.6 Å². The Morgan fingerprint density at radius 1 is 1.00 bits per heavy atom. The molecule has 0 aliphatic heterocycles. The standard InChI is InChI=1S/C18H19N3O3S/c1-24-17-7-9-18(10-8-17)25(22,23)21(14-16-11-12-19-20-16)13-15-5-3-2-4-6-15/h2-12H,13-14H2,1H3,(H,19,20). The normalized spacial score (nSPS) is 11.6. The molecule has 0 aliphatic carbocycles. The fraction of sp³-hybridized carbons (Fsp3) is 0.167. The van der Waals surface area contributed by atoms with E-state index in [4.69, 9.17) is 4.74 Å². The van der Waals surface area contributed by atoms with Crippen molar-refractivity contribution in [3.05, 3.63) is 78.1 Å². The molecule has 0 amide bonds. The summed E-state index contributed by atoms with van der Waals surface area (Å²) in [6, 6.07) is 17.7. The van der Waals surface area contributed by atoms with Gasteiger partial charge in [0.2, 0.25) is 10.0 Å². The minimum absolute atomic E-state index is 0.212. The van der Waals surface area contributed by atoms with Crippen LogP contribution in [0, 0.1) is 0 Å². The minimum atomic E-state index is -3.67. The quantitative estimate of drug-likeness (QED) is 0.705. The summed E-state index contributed by atoms with van der Waals surface area (Å²) in [7, 11) is -2.13. The number of H-pyrrole nitrogens is 1. The van der Waals surface area contributed by atoms with Gasteiger partial charge in [0.15, 0.2) is 0 Å². The second-order valence-electron chi connectivity index (χ2n) is 5.52. The molecule has 130 valence electrons. The van der Waals surface area contributed by atoms with Crippen molar-refractivity contribution in [1.29, 1.82) is 0 Å². The highest BCUT2D eigenvalue weighted by Crippen LogP contribution is 2.22. The number of hydrogen-bond acceptors (Lipinski definition) is 4. The Morgan fingerprint density at radius 3 is 2.32 bits per heavy atom. The summed E-state index contributed by atoms with van der Waals surface area (Å²) >= 11 is 0. The van der Waals surface area contributed by atoms with Crippen molar-refractivity contribution in [3.8, 4) is 5.75 Å². The largest absolute Gasteiger partial charge is 0.497 e. The van der Waals surface area contributed by atoms with Gasteiger partial charge >= 0.3 is 0 Å². The lowest BCUT2D eigenvalue weighted by atomic mass is 10.2. The van der Waals surface area contributed by atoms with Crippen molar-refractivity contribution in [2.75, 3.05) is 7.11 Å². The third kappa shape index (κ3) is 4.07. The van der Waals surface area contributed by atoms with E-state index >= 15 is 0 Å². The van der Waals surface area contributed by atoms with Crippen molar-refractivity contribution in [2.24, 2.45) is 0 Å². The van der Waals surface area contributed by atoms with Crippen LogP contribution >= 0.6 is 0 Å². The van der Waals surface area contributed by atoms with Crippen LogP contribution in [0.2, 0.25) is 0 Å². The van der Waals surface area contributed by atoms with Crippen LogP contribution in [-0.4, -0.2) is 30.0 Å². The van der Waals surface area contributed by atoms with Crippen molar-refractivity contribution >= 4 is 10.0 Å². The number of hydrogen-bond donors (Lipinski definition) is 1. The molecular formula is C18H19N3O3S. The van der Waals surface area contributed by atoms with E-state index in [9.17, 15) is 8.42 Å². The Kier molecular flexibility index (Phi) is 5.16. The SMILES string of the molecule is COc1ccc(S(=O)(=O)N(Cc2ccccc2)Cc2ccn[nH]2)cc1. The molecule has 0 fully saturated rings. The molecule has 25 heavy (non-hydrogen) atoms. The molecule has 0 radical (unpaired) electrons. The molecule has 1 N–H and O–H groups in total. The molecule has 6 nitrogen and oxygen atoms in total. The van der Waals surface area contributed by atoms with E-state index in [0.29, 0.717) is 5.75 Å². The first-order valence-electron chi connectivity index (χ1n) is 7.76. The Bertz CT molecular complexity index is 893. The summed E-state index contributed by atoms with van der Waals surface area (Å²) in [4.78, 5) is 0.226. The van der Waals surface area contributed by atoms with E-state index in [1.807, 2.05) is 30.3 Å². The monoisotopic (exact) mass is 357 g/mol. The number of nitrogens with zero attached hydrogens (tertiary/aromatic N) is 2. The fourth-order valence-electron chi connectivity index (χ4n) is 2.47. The lowest BCUT2D eigenvalue weighted by Gasteiger charge is -2.22. The van der Waals surface area contributed by atoms with Gasteiger partial charge in [-0.05, 0) is 35.9 Å². The van der Waals surface area contributed by atoms with E-state index in [0.717, 1.165) is 11.3 Å². The molecule has 0 saturated carbocycles. The molecule has 0 unspecified atom stereocenters. The first-order valence-corrected chi connectivity index (χ1v) is 9.20. The van der Waals surface area contributed by atoms with Crippen LogP contribution in [-0.2, 0) is 23.1 Å². The number of aromatic amines is 1. The van der Waals surface area contributed by atoms with Gasteiger partial charge in [-0.1, -0.05) is 30.3 Å². The van der Waals surface area contributed by atoms with Gasteiger partial charge in [0.1, 0.15) is 5.75 Å². The van der Waals surface area contributed by atoms with Gasteiger partial charge in [0.25, 0.3) is 0 Å². The minimum Gasteiger partial charge on any atom is -0.497 e. The molecule has 0 spiro atoms. The zero-order valence-corrected chi connectivity index (χ0v) is 14.6. The predicted molar refractivity (Wildman–Crippen MR) is 94.5 cm³/mol. The lowest BCUT2D eigenvalue weighted by molar-refractivity contribution is 0.396. The number of rotatable bonds is 7. The molecule has 0 saturated heterocycles. The number of sulfonamides is 1. The first-order chi connectivity index (χ1) is 12.1. The first kappa shape index (κ1) is 17.2. The number of ether oxygens (including phenoxy) is 1. The average Bonchev–Trinajstić information content (AvgIpc) is 3.15. The summed E-state index contributed by atoms with van der Waals surface area (Å²) in [5.74, 6) is 0.613. The zero-order valence-electron chi connectivity index (χ0n) is 13.8. The maximum absolute atomic E-state index is 13.1. The third-order valence-electron chi connectivity index (χ3n) is 3.80. The summed E-state index contributed by atoms with van der Waals surface area (Å²) < 4.78 is 32.8. The van der Waals surface area contributed by atoms with Gasteiger partial charge in [-0.15, -0.1) is 0 Å². The van der Waals surface area contributed by atoms with Crippen molar-refractivity contribution in [2.45, 2.75) is 18.0 Å². The highest BCUT2D eigenvalue weighted by Gasteiger charge is 2.25. The highest BCUT2D eigenvalue weighted by atomic mass is 32.2. The van der Waals surface area contributed by atoms with E-state index < -0.39 is 10.0 Å². The molecule has 3 aromatic rings. The van der Waals surface area contributed by atoms with Gasteiger partial charge in [0, 0.05) is 12.7 Å². The second kappa shape index (κ2) is 7.50. The summed E-state index contributed by atoms with van der Waals surface area (Å²) in [6.45, 7) is 0.484. The Morgan fingerprint density at radius 2 is 1.72 bits per heavy atom. The zero-order chi connectivity index (χ0) is 17.7. The van der Waals surface area contributed by atoms with Crippen LogP contribution in [0.5, 0.6) is 5.75 Å². The molecule has 0 atom stereocenters. The van der Waals surface area contributed by atoms with E-state index in [1.165, 1.54) is 4.31 Å². The van der Waals surface area contributed by atoms with Gasteiger partial charge in [-0.2, -0.15) is 9.40 Å². The molecule has 0 aliphatic rings. The predicted octanol–water partition coefficient (Wildman–Crippen LogP) is 2.81. The van der Waals surface area contributed by atoms with Crippen molar-refractivity contribution in [3.63, 3.8) is 0 Å². The highest BCUT2D eigenvalue weighted by molar-refractivity contribution is 7.89. The van der Waals surface area contributed by atoms with Crippen molar-refractivity contribution in [1.82, 2.24) is 14.5 Å². The van der Waals surface area contributed by atoms with Crippen LogP contribution in [0.25, 0.3) is 0 Å². The molecule has 7 heteroatoms. The smallest absolute Gasteiger partial charge is 0.243 e. The van der Waals surface area contributed by atoms with Gasteiger partial charge in [-0.25, -0.2) is 8.42 Å². The Labute approximate surface area is 147 Å². The maximum Gasteiger partial charge on any atom is 0.243 e. The van der Waals surface area contributed by atoms with E-state index in [2.05, 4.69) is 10.2 Å². The summed E-state index contributed by atoms with van der Waals surface area (Å²) in [6.07, 6.45) is 1.61. The Balaban J connectivity index is 1.93. The fourth-order valence-corrected chi connectivity index (χ4v) is 3.88.